The lowest BCUT2D eigenvalue weighted by Crippen LogP contribution is -2.49. The summed E-state index contributed by atoms with van der Waals surface area (Å²) in [4.78, 5) is 34.1. The normalized spacial score (nSPS) is 14.2. The molecule has 0 saturated heterocycles. The van der Waals surface area contributed by atoms with Crippen molar-refractivity contribution in [3.8, 4) is 11.4 Å². The largest absolute Gasteiger partial charge is 0.345 e. The number of imidazole rings is 1. The molecule has 0 bridgehead atoms. The molecule has 0 atom stereocenters. The predicted octanol–water partition coefficient (Wildman–Crippen LogP) is 4.69. The van der Waals surface area contributed by atoms with Crippen molar-refractivity contribution in [2.75, 3.05) is 18.4 Å². The van der Waals surface area contributed by atoms with E-state index >= 15 is 0 Å². The highest BCUT2D eigenvalue weighted by molar-refractivity contribution is 5.92. The number of hydrogen-bond acceptors (Lipinski definition) is 5. The first-order valence-corrected chi connectivity index (χ1v) is 11.3. The fourth-order valence-electron chi connectivity index (χ4n) is 4.01. The molecular formula is C25H28N8O. The molecule has 3 aromatic heterocycles. The maximum atomic E-state index is 12.5. The van der Waals surface area contributed by atoms with Crippen LogP contribution in [-0.2, 0) is 0 Å². The van der Waals surface area contributed by atoms with Gasteiger partial charge in [-0.3, -0.25) is 0 Å². The van der Waals surface area contributed by atoms with Gasteiger partial charge in [-0.2, -0.15) is 0 Å². The van der Waals surface area contributed by atoms with Gasteiger partial charge in [0, 0.05) is 48.0 Å². The van der Waals surface area contributed by atoms with Crippen LogP contribution in [0.4, 0.5) is 16.3 Å². The minimum Gasteiger partial charge on any atom is -0.345 e. The molecule has 0 fully saturated rings. The Kier molecular flexibility index (Phi) is 5.53. The number of H-pyrrole nitrogens is 2. The first-order valence-electron chi connectivity index (χ1n) is 11.3. The number of carbonyl (C=O) groups is 1. The molecule has 4 aromatic rings. The molecule has 34 heavy (non-hydrogen) atoms. The highest BCUT2D eigenvalue weighted by atomic mass is 16.2. The Balaban J connectivity index is 1.36. The zero-order chi connectivity index (χ0) is 23.7. The van der Waals surface area contributed by atoms with Crippen molar-refractivity contribution >= 4 is 34.1 Å². The van der Waals surface area contributed by atoms with Gasteiger partial charge in [0.2, 0.25) is 0 Å². The van der Waals surface area contributed by atoms with Crippen LogP contribution >= 0.6 is 0 Å². The number of carbonyl (C=O) groups excluding carboxylic acids is 1. The van der Waals surface area contributed by atoms with Crippen LogP contribution in [0.5, 0.6) is 0 Å². The number of aromatic nitrogens is 5. The zero-order valence-corrected chi connectivity index (χ0v) is 19.5. The third kappa shape index (κ3) is 4.63. The number of benzene rings is 1. The van der Waals surface area contributed by atoms with Crippen molar-refractivity contribution in [2.24, 2.45) is 0 Å². The second-order valence-corrected chi connectivity index (χ2v) is 9.42. The molecule has 1 aliphatic rings. The molecule has 174 valence electrons. The topological polar surface area (TPSA) is 115 Å². The van der Waals surface area contributed by atoms with Crippen LogP contribution in [-0.4, -0.2) is 54.5 Å². The van der Waals surface area contributed by atoms with Gasteiger partial charge in [-0.25, -0.2) is 19.7 Å². The molecule has 9 heteroatoms. The highest BCUT2D eigenvalue weighted by Crippen LogP contribution is 2.30. The van der Waals surface area contributed by atoms with Crippen LogP contribution in [0.3, 0.4) is 0 Å². The number of amides is 2. The van der Waals surface area contributed by atoms with Gasteiger partial charge in [0.1, 0.15) is 23.6 Å². The highest BCUT2D eigenvalue weighted by Gasteiger charge is 2.22. The zero-order valence-electron chi connectivity index (χ0n) is 19.5. The Hall–Kier alpha value is -4.14. The van der Waals surface area contributed by atoms with E-state index in [2.05, 4.69) is 47.7 Å². The Morgan fingerprint density at radius 1 is 1.15 bits per heavy atom. The number of rotatable bonds is 4. The van der Waals surface area contributed by atoms with E-state index in [1.807, 2.05) is 49.9 Å². The monoisotopic (exact) mass is 456 g/mol. The van der Waals surface area contributed by atoms with Crippen molar-refractivity contribution in [2.45, 2.75) is 32.7 Å². The minimum atomic E-state index is -0.252. The first-order chi connectivity index (χ1) is 16.4. The molecule has 0 unspecified atom stereocenters. The summed E-state index contributed by atoms with van der Waals surface area (Å²) < 4.78 is 0. The van der Waals surface area contributed by atoms with Crippen LogP contribution in [0, 0.1) is 0 Å². The van der Waals surface area contributed by atoms with Crippen molar-refractivity contribution in [1.82, 2.24) is 35.1 Å². The summed E-state index contributed by atoms with van der Waals surface area (Å²) in [6, 6.07) is 10.1. The third-order valence-corrected chi connectivity index (χ3v) is 5.65. The predicted molar refractivity (Wildman–Crippen MR) is 134 cm³/mol. The van der Waals surface area contributed by atoms with Crippen LogP contribution in [0.15, 0.2) is 55.1 Å². The first kappa shape index (κ1) is 21.7. The number of nitrogens with one attached hydrogen (secondary N) is 4. The lowest BCUT2D eigenvalue weighted by Gasteiger charge is -2.30. The second kappa shape index (κ2) is 8.66. The third-order valence-electron chi connectivity index (χ3n) is 5.65. The van der Waals surface area contributed by atoms with E-state index in [4.69, 9.17) is 0 Å². The molecular weight excluding hydrogens is 428 g/mol. The molecule has 2 amide bonds. The number of aromatic amines is 2. The van der Waals surface area contributed by atoms with Crippen molar-refractivity contribution in [3.05, 3.63) is 60.8 Å². The number of anilines is 2. The molecule has 4 heterocycles. The maximum absolute atomic E-state index is 12.5. The Morgan fingerprint density at radius 3 is 2.76 bits per heavy atom. The molecule has 4 N–H and O–H groups in total. The number of hydrogen-bond donors (Lipinski definition) is 4. The van der Waals surface area contributed by atoms with E-state index in [1.165, 1.54) is 5.57 Å². The van der Waals surface area contributed by atoms with Crippen molar-refractivity contribution in [3.63, 3.8) is 0 Å². The summed E-state index contributed by atoms with van der Waals surface area (Å²) in [5.74, 6) is 1.54. The van der Waals surface area contributed by atoms with Crippen LogP contribution < -0.4 is 10.6 Å². The average molecular weight is 457 g/mol. The standard InChI is InChI=1S/C25H28N8O/c1-25(2,3)32-24(34)33-11-7-16(8-12-33)20-14-19-22(28-15-29-23(19)31-20)30-18-6-4-5-17(13-18)21-26-9-10-27-21/h4-7,9-10,13-15H,8,11-12H2,1-3H3,(H,26,27)(H,32,34)(H2,28,29,30,31). The molecule has 9 nitrogen and oxygen atoms in total. The lowest BCUT2D eigenvalue weighted by atomic mass is 10.0. The molecule has 0 saturated carbocycles. The van der Waals surface area contributed by atoms with E-state index in [1.54, 1.807) is 18.7 Å². The van der Waals surface area contributed by atoms with E-state index in [0.717, 1.165) is 46.0 Å². The van der Waals surface area contributed by atoms with Gasteiger partial charge in [0.05, 0.1) is 5.39 Å². The van der Waals surface area contributed by atoms with Gasteiger partial charge in [-0.05, 0) is 51.0 Å². The minimum absolute atomic E-state index is 0.0337. The van der Waals surface area contributed by atoms with Gasteiger partial charge in [0.15, 0.2) is 0 Å². The smallest absolute Gasteiger partial charge is 0.318 e. The molecule has 5 rings (SSSR count). The molecule has 0 spiro atoms. The summed E-state index contributed by atoms with van der Waals surface area (Å²) in [5.41, 5.74) is 4.58. The molecule has 0 radical (unpaired) electrons. The lowest BCUT2D eigenvalue weighted by molar-refractivity contribution is 0.193. The molecule has 1 aromatic carbocycles. The summed E-state index contributed by atoms with van der Waals surface area (Å²) in [6.07, 6.45) is 7.96. The summed E-state index contributed by atoms with van der Waals surface area (Å²) in [5, 5.41) is 7.35. The number of urea groups is 1. The van der Waals surface area contributed by atoms with E-state index < -0.39 is 0 Å². The fraction of sp³-hybridized carbons (Fsp3) is 0.280. The summed E-state index contributed by atoms with van der Waals surface area (Å²) in [6.45, 7) is 7.20. The molecule has 1 aliphatic heterocycles. The van der Waals surface area contributed by atoms with Gasteiger partial charge in [-0.15, -0.1) is 0 Å². The van der Waals surface area contributed by atoms with Gasteiger partial charge >= 0.3 is 6.03 Å². The van der Waals surface area contributed by atoms with Crippen LogP contribution in [0.25, 0.3) is 28.0 Å². The Labute approximate surface area is 197 Å². The van der Waals surface area contributed by atoms with Gasteiger partial charge in [-0.1, -0.05) is 18.2 Å². The van der Waals surface area contributed by atoms with E-state index in [9.17, 15) is 4.79 Å². The number of fused-ring (bicyclic) bond motifs is 1. The Bertz CT molecular complexity index is 1350. The average Bonchev–Trinajstić information content (AvgIpc) is 3.49. The number of nitrogens with zero attached hydrogens (tertiary/aromatic N) is 4. The summed E-state index contributed by atoms with van der Waals surface area (Å²) >= 11 is 0. The van der Waals surface area contributed by atoms with Crippen molar-refractivity contribution < 1.29 is 4.79 Å². The van der Waals surface area contributed by atoms with E-state index in [-0.39, 0.29) is 11.6 Å². The van der Waals surface area contributed by atoms with Crippen LogP contribution in [0.2, 0.25) is 0 Å². The quantitative estimate of drug-likeness (QED) is 0.356. The van der Waals surface area contributed by atoms with Gasteiger partial charge in [0.25, 0.3) is 0 Å². The summed E-state index contributed by atoms with van der Waals surface area (Å²) in [7, 11) is 0. The molecule has 0 aliphatic carbocycles. The van der Waals surface area contributed by atoms with Gasteiger partial charge < -0.3 is 25.5 Å². The SMILES string of the molecule is CC(C)(C)NC(=O)N1CC=C(c2cc3c(Nc4cccc(-c5ncc[nH]5)c4)ncnc3[nH]2)CC1. The van der Waals surface area contributed by atoms with Crippen LogP contribution in [0.1, 0.15) is 32.9 Å². The van der Waals surface area contributed by atoms with E-state index in [0.29, 0.717) is 13.1 Å². The van der Waals surface area contributed by atoms with Crippen molar-refractivity contribution in [1.29, 1.82) is 0 Å². The fourth-order valence-corrected chi connectivity index (χ4v) is 4.01. The maximum Gasteiger partial charge on any atom is 0.318 e. The Morgan fingerprint density at radius 2 is 2.03 bits per heavy atom. The second-order valence-electron chi connectivity index (χ2n) is 9.42.